The average Bonchev–Trinajstić information content (AvgIpc) is 2.89. The standard InChI is InChI=1S/C18H26O3.C14H22O/c1-4-6-8-13-16(5-2)21-18(19)17(20-3)14-15-11-9-7-10-12-15;1-6-7-8-13-11(4)9(2)10(3)12(5)14(13)15/h7,9-12,14,16H,4-6,8,13H2,1-3H3;15H,6-8H2,1-5H3. The van der Waals surface area contributed by atoms with Crippen LogP contribution >= 0.6 is 0 Å². The van der Waals surface area contributed by atoms with Crippen LogP contribution in [0.5, 0.6) is 5.75 Å². The molecular formula is C32H48O4. The molecule has 2 rings (SSSR count). The normalized spacial score (nSPS) is 11.9. The van der Waals surface area contributed by atoms with Gasteiger partial charge >= 0.3 is 5.97 Å². The molecule has 0 saturated carbocycles. The van der Waals surface area contributed by atoms with Gasteiger partial charge in [-0.05, 0) is 99.3 Å². The lowest BCUT2D eigenvalue weighted by molar-refractivity contribution is -0.148. The molecule has 0 spiro atoms. The summed E-state index contributed by atoms with van der Waals surface area (Å²) in [7, 11) is 1.49. The van der Waals surface area contributed by atoms with Crippen LogP contribution in [0.25, 0.3) is 6.08 Å². The minimum Gasteiger partial charge on any atom is -0.507 e. The molecule has 0 radical (unpaired) electrons. The molecule has 0 amide bonds. The summed E-state index contributed by atoms with van der Waals surface area (Å²) >= 11 is 0. The van der Waals surface area contributed by atoms with Crippen LogP contribution in [0.3, 0.4) is 0 Å². The van der Waals surface area contributed by atoms with E-state index in [1.165, 1.54) is 43.1 Å². The van der Waals surface area contributed by atoms with Gasteiger partial charge < -0.3 is 14.6 Å². The van der Waals surface area contributed by atoms with Gasteiger partial charge in [0.05, 0.1) is 7.11 Å². The fourth-order valence-electron chi connectivity index (χ4n) is 4.11. The van der Waals surface area contributed by atoms with Gasteiger partial charge in [0.2, 0.25) is 5.76 Å². The van der Waals surface area contributed by atoms with E-state index >= 15 is 0 Å². The van der Waals surface area contributed by atoms with Crippen LogP contribution in [-0.2, 0) is 20.7 Å². The molecule has 0 aliphatic carbocycles. The Kier molecular flexibility index (Phi) is 14.6. The van der Waals surface area contributed by atoms with E-state index in [1.807, 2.05) is 44.2 Å². The minimum atomic E-state index is -0.385. The molecule has 0 aliphatic rings. The highest BCUT2D eigenvalue weighted by Crippen LogP contribution is 2.32. The predicted octanol–water partition coefficient (Wildman–Crippen LogP) is 8.54. The first kappa shape index (κ1) is 31.3. The van der Waals surface area contributed by atoms with E-state index < -0.39 is 0 Å². The number of carbonyl (C=O) groups is 1. The number of rotatable bonds is 12. The Labute approximate surface area is 219 Å². The third-order valence-corrected chi connectivity index (χ3v) is 6.94. The van der Waals surface area contributed by atoms with Crippen molar-refractivity contribution in [2.45, 2.75) is 106 Å². The SMILES string of the molecule is CCCCCC(CC)OC(=O)C(=Cc1ccccc1)OC.CCCCc1c(C)c(C)c(C)c(C)c1O. The van der Waals surface area contributed by atoms with Crippen molar-refractivity contribution < 1.29 is 19.4 Å². The summed E-state index contributed by atoms with van der Waals surface area (Å²) in [5.74, 6) is 0.379. The van der Waals surface area contributed by atoms with E-state index in [0.29, 0.717) is 5.75 Å². The maximum absolute atomic E-state index is 12.2. The molecule has 4 heteroatoms. The van der Waals surface area contributed by atoms with Crippen LogP contribution in [0, 0.1) is 27.7 Å². The second-order valence-corrected chi connectivity index (χ2v) is 9.49. The van der Waals surface area contributed by atoms with Crippen molar-refractivity contribution in [1.29, 1.82) is 0 Å². The summed E-state index contributed by atoms with van der Waals surface area (Å²) in [4.78, 5) is 12.2. The average molecular weight is 497 g/mol. The van der Waals surface area contributed by atoms with Gasteiger partial charge in [0, 0.05) is 0 Å². The van der Waals surface area contributed by atoms with E-state index in [-0.39, 0.29) is 17.8 Å². The van der Waals surface area contributed by atoms with Crippen molar-refractivity contribution >= 4 is 12.0 Å². The molecule has 1 N–H and O–H groups in total. The monoisotopic (exact) mass is 496 g/mol. The quantitative estimate of drug-likeness (QED) is 0.138. The summed E-state index contributed by atoms with van der Waals surface area (Å²) in [5.41, 5.74) is 6.94. The number of benzene rings is 2. The second kappa shape index (κ2) is 16.8. The van der Waals surface area contributed by atoms with Crippen LogP contribution < -0.4 is 0 Å². The Bertz CT molecular complexity index is 931. The third kappa shape index (κ3) is 9.72. The number of esters is 1. The smallest absolute Gasteiger partial charge is 0.373 e. The van der Waals surface area contributed by atoms with E-state index in [2.05, 4.69) is 34.6 Å². The molecule has 0 saturated heterocycles. The largest absolute Gasteiger partial charge is 0.507 e. The maximum Gasteiger partial charge on any atom is 0.373 e. The molecule has 4 nitrogen and oxygen atoms in total. The Morgan fingerprint density at radius 2 is 1.50 bits per heavy atom. The molecule has 36 heavy (non-hydrogen) atoms. The van der Waals surface area contributed by atoms with Gasteiger partial charge in [0.25, 0.3) is 0 Å². The van der Waals surface area contributed by atoms with Crippen molar-refractivity contribution in [2.24, 2.45) is 0 Å². The Balaban J connectivity index is 0.000000381. The molecule has 0 heterocycles. The molecule has 0 aromatic heterocycles. The van der Waals surface area contributed by atoms with Gasteiger partial charge in [-0.25, -0.2) is 4.79 Å². The topological polar surface area (TPSA) is 55.8 Å². The van der Waals surface area contributed by atoms with Crippen molar-refractivity contribution in [3.63, 3.8) is 0 Å². The van der Waals surface area contributed by atoms with Crippen LogP contribution in [0.2, 0.25) is 0 Å². The molecular weight excluding hydrogens is 448 g/mol. The van der Waals surface area contributed by atoms with Gasteiger partial charge in [-0.3, -0.25) is 0 Å². The lowest BCUT2D eigenvalue weighted by atomic mass is 9.91. The van der Waals surface area contributed by atoms with Crippen molar-refractivity contribution in [1.82, 2.24) is 0 Å². The highest BCUT2D eigenvalue weighted by Gasteiger charge is 2.17. The number of methoxy groups -OCH3 is 1. The van der Waals surface area contributed by atoms with Crippen LogP contribution in [0.4, 0.5) is 0 Å². The van der Waals surface area contributed by atoms with E-state index in [9.17, 15) is 9.90 Å². The van der Waals surface area contributed by atoms with Gasteiger partial charge in [-0.15, -0.1) is 0 Å². The zero-order valence-corrected chi connectivity index (χ0v) is 23.9. The number of hydrogen-bond acceptors (Lipinski definition) is 4. The summed E-state index contributed by atoms with van der Waals surface area (Å²) < 4.78 is 10.7. The number of hydrogen-bond donors (Lipinski definition) is 1. The molecule has 0 bridgehead atoms. The van der Waals surface area contributed by atoms with Crippen LogP contribution in [0.15, 0.2) is 36.1 Å². The molecule has 200 valence electrons. The lowest BCUT2D eigenvalue weighted by Crippen LogP contribution is -2.19. The number of phenolic OH excluding ortho intramolecular Hbond substituents is 1. The Hall–Kier alpha value is -2.75. The van der Waals surface area contributed by atoms with E-state index in [0.717, 1.165) is 48.8 Å². The third-order valence-electron chi connectivity index (χ3n) is 6.94. The summed E-state index contributed by atoms with van der Waals surface area (Å²) in [6.45, 7) is 14.7. The second-order valence-electron chi connectivity index (χ2n) is 9.49. The molecule has 1 unspecified atom stereocenters. The first-order valence-corrected chi connectivity index (χ1v) is 13.5. The number of phenols is 1. The minimum absolute atomic E-state index is 0.0293. The van der Waals surface area contributed by atoms with Gasteiger partial charge in [-0.1, -0.05) is 70.4 Å². The summed E-state index contributed by atoms with van der Waals surface area (Å²) in [6.07, 6.45) is 10.2. The summed E-state index contributed by atoms with van der Waals surface area (Å²) in [5, 5.41) is 10.1. The molecule has 2 aromatic rings. The van der Waals surface area contributed by atoms with Crippen molar-refractivity contribution in [3.05, 3.63) is 69.5 Å². The first-order valence-electron chi connectivity index (χ1n) is 13.5. The van der Waals surface area contributed by atoms with Gasteiger partial charge in [-0.2, -0.15) is 0 Å². The zero-order chi connectivity index (χ0) is 27.1. The Morgan fingerprint density at radius 1 is 0.889 bits per heavy atom. The van der Waals surface area contributed by atoms with Crippen molar-refractivity contribution in [3.8, 4) is 5.75 Å². The number of unbranched alkanes of at least 4 members (excludes halogenated alkanes) is 3. The molecule has 0 fully saturated rings. The number of carbonyl (C=O) groups excluding carboxylic acids is 1. The summed E-state index contributed by atoms with van der Waals surface area (Å²) in [6, 6.07) is 9.62. The highest BCUT2D eigenvalue weighted by atomic mass is 16.6. The number of aromatic hydroxyl groups is 1. The Morgan fingerprint density at radius 3 is 2.06 bits per heavy atom. The molecule has 2 aromatic carbocycles. The lowest BCUT2D eigenvalue weighted by Gasteiger charge is -2.16. The fourth-order valence-corrected chi connectivity index (χ4v) is 4.11. The number of ether oxygens (including phenoxy) is 2. The van der Waals surface area contributed by atoms with Crippen LogP contribution in [-0.4, -0.2) is 24.3 Å². The van der Waals surface area contributed by atoms with E-state index in [1.54, 1.807) is 6.08 Å². The van der Waals surface area contributed by atoms with Gasteiger partial charge in [0.15, 0.2) is 0 Å². The highest BCUT2D eigenvalue weighted by molar-refractivity contribution is 5.91. The molecule has 1 atom stereocenters. The first-order chi connectivity index (χ1) is 17.2. The van der Waals surface area contributed by atoms with Crippen molar-refractivity contribution in [2.75, 3.05) is 7.11 Å². The predicted molar refractivity (Wildman–Crippen MR) is 151 cm³/mol. The maximum atomic E-state index is 12.2. The zero-order valence-electron chi connectivity index (χ0n) is 23.9. The van der Waals surface area contributed by atoms with Gasteiger partial charge in [0.1, 0.15) is 11.9 Å². The van der Waals surface area contributed by atoms with Crippen LogP contribution in [0.1, 0.15) is 99.1 Å². The van der Waals surface area contributed by atoms with E-state index in [4.69, 9.17) is 9.47 Å². The molecule has 0 aliphatic heterocycles. The fraction of sp³-hybridized carbons (Fsp3) is 0.531.